The predicted molar refractivity (Wildman–Crippen MR) is 75.2 cm³/mol. The highest BCUT2D eigenvalue weighted by atomic mass is 16.2. The van der Waals surface area contributed by atoms with Crippen molar-refractivity contribution in [3.8, 4) is 0 Å². The molecule has 108 valence electrons. The quantitative estimate of drug-likeness (QED) is 0.541. The van der Waals surface area contributed by atoms with Crippen molar-refractivity contribution in [1.29, 1.82) is 0 Å². The maximum Gasteiger partial charge on any atom is 0.234 e. The van der Waals surface area contributed by atoms with Crippen molar-refractivity contribution >= 4 is 11.8 Å². The zero-order chi connectivity index (χ0) is 14.1. The van der Waals surface area contributed by atoms with Gasteiger partial charge in [0.05, 0.1) is 0 Å². The minimum Gasteiger partial charge on any atom is -0.356 e. The Bertz CT molecular complexity index is 338. The smallest absolute Gasteiger partial charge is 0.234 e. The fourth-order valence-corrected chi connectivity index (χ4v) is 2.11. The normalized spacial score (nSPS) is 15.0. The van der Waals surface area contributed by atoms with Gasteiger partial charge in [-0.2, -0.15) is 0 Å². The van der Waals surface area contributed by atoms with Gasteiger partial charge in [-0.05, 0) is 32.1 Å². The minimum atomic E-state index is -0.130. The predicted octanol–water partition coefficient (Wildman–Crippen LogP) is 1.37. The molecule has 0 spiro atoms. The fourth-order valence-electron chi connectivity index (χ4n) is 2.11. The summed E-state index contributed by atoms with van der Waals surface area (Å²) in [6, 6.07) is 0. The number of allylic oxidation sites excluding steroid dienone is 1. The molecule has 1 rings (SSSR count). The van der Waals surface area contributed by atoms with Crippen LogP contribution in [0.1, 0.15) is 44.9 Å². The number of hydrogen-bond donors (Lipinski definition) is 2. The van der Waals surface area contributed by atoms with Gasteiger partial charge in [-0.1, -0.05) is 11.6 Å². The van der Waals surface area contributed by atoms with Crippen LogP contribution in [0.25, 0.3) is 0 Å². The third-order valence-electron chi connectivity index (χ3n) is 3.08. The lowest BCUT2D eigenvalue weighted by molar-refractivity contribution is -0.128. The van der Waals surface area contributed by atoms with Crippen LogP contribution in [0.15, 0.2) is 11.6 Å². The average Bonchev–Trinajstić information content (AvgIpc) is 2.37. The molecular weight excluding hydrogens is 242 g/mol. The van der Waals surface area contributed by atoms with Crippen molar-refractivity contribution in [1.82, 2.24) is 15.8 Å². The van der Waals surface area contributed by atoms with Gasteiger partial charge in [-0.3, -0.25) is 15.0 Å². The Morgan fingerprint density at radius 3 is 2.58 bits per heavy atom. The van der Waals surface area contributed by atoms with E-state index in [-0.39, 0.29) is 24.7 Å². The molecule has 0 unspecified atom stereocenters. The molecule has 0 aliphatic heterocycles. The van der Waals surface area contributed by atoms with E-state index in [2.05, 4.69) is 16.8 Å². The SMILES string of the molecule is CN(C)NC(=O)CCC(=O)NCCC1=CCCCC1. The van der Waals surface area contributed by atoms with E-state index in [4.69, 9.17) is 0 Å². The Labute approximate surface area is 115 Å². The molecule has 0 fully saturated rings. The van der Waals surface area contributed by atoms with Crippen LogP contribution in [0, 0.1) is 0 Å². The highest BCUT2D eigenvalue weighted by Crippen LogP contribution is 2.19. The summed E-state index contributed by atoms with van der Waals surface area (Å²) in [6.07, 6.45) is 8.61. The lowest BCUT2D eigenvalue weighted by Gasteiger charge is -2.13. The Morgan fingerprint density at radius 2 is 1.95 bits per heavy atom. The fraction of sp³-hybridized carbons (Fsp3) is 0.714. The summed E-state index contributed by atoms with van der Waals surface area (Å²) < 4.78 is 0. The Morgan fingerprint density at radius 1 is 1.21 bits per heavy atom. The topological polar surface area (TPSA) is 61.4 Å². The van der Waals surface area contributed by atoms with Crippen LogP contribution in [0.5, 0.6) is 0 Å². The molecule has 0 aromatic heterocycles. The van der Waals surface area contributed by atoms with Gasteiger partial charge in [0.15, 0.2) is 0 Å². The number of nitrogens with one attached hydrogen (secondary N) is 2. The van der Waals surface area contributed by atoms with Gasteiger partial charge in [-0.25, -0.2) is 5.01 Å². The van der Waals surface area contributed by atoms with E-state index in [0.29, 0.717) is 6.54 Å². The second kappa shape index (κ2) is 8.69. The Balaban J connectivity index is 2.07. The average molecular weight is 267 g/mol. The first-order valence-corrected chi connectivity index (χ1v) is 6.99. The van der Waals surface area contributed by atoms with Crippen LogP contribution in [0.4, 0.5) is 0 Å². The van der Waals surface area contributed by atoms with E-state index < -0.39 is 0 Å². The molecule has 0 atom stereocenters. The lowest BCUT2D eigenvalue weighted by atomic mass is 9.97. The third kappa shape index (κ3) is 7.62. The van der Waals surface area contributed by atoms with Crippen LogP contribution < -0.4 is 10.7 Å². The molecule has 2 amide bonds. The molecule has 1 aliphatic carbocycles. The van der Waals surface area contributed by atoms with Gasteiger partial charge in [0.2, 0.25) is 11.8 Å². The molecule has 0 aromatic carbocycles. The molecule has 0 heterocycles. The molecule has 0 radical (unpaired) electrons. The van der Waals surface area contributed by atoms with Crippen molar-refractivity contribution < 1.29 is 9.59 Å². The first-order valence-electron chi connectivity index (χ1n) is 6.99. The van der Waals surface area contributed by atoms with E-state index in [0.717, 1.165) is 6.42 Å². The summed E-state index contributed by atoms with van der Waals surface area (Å²) in [6.45, 7) is 0.681. The second-order valence-electron chi connectivity index (χ2n) is 5.14. The zero-order valence-electron chi connectivity index (χ0n) is 12.0. The standard InChI is InChI=1S/C14H25N3O2/c1-17(2)16-14(19)9-8-13(18)15-11-10-12-6-4-3-5-7-12/h6H,3-5,7-11H2,1-2H3,(H,15,18)(H,16,19). The molecule has 5 heteroatoms. The van der Waals surface area contributed by atoms with Gasteiger partial charge >= 0.3 is 0 Å². The van der Waals surface area contributed by atoms with E-state index in [9.17, 15) is 9.59 Å². The molecule has 0 saturated carbocycles. The summed E-state index contributed by atoms with van der Waals surface area (Å²) in [7, 11) is 3.49. The number of rotatable bonds is 7. The summed E-state index contributed by atoms with van der Waals surface area (Å²) in [5, 5.41) is 4.44. The zero-order valence-corrected chi connectivity index (χ0v) is 12.0. The molecule has 19 heavy (non-hydrogen) atoms. The van der Waals surface area contributed by atoms with Gasteiger partial charge in [-0.15, -0.1) is 0 Å². The number of hydrogen-bond acceptors (Lipinski definition) is 3. The number of carbonyl (C=O) groups excluding carboxylic acids is 2. The van der Waals surface area contributed by atoms with Gasteiger partial charge in [0.25, 0.3) is 0 Å². The van der Waals surface area contributed by atoms with Crippen molar-refractivity contribution in [2.45, 2.75) is 44.9 Å². The molecule has 0 aromatic rings. The van der Waals surface area contributed by atoms with Gasteiger partial charge in [0, 0.05) is 33.5 Å². The maximum atomic E-state index is 11.6. The monoisotopic (exact) mass is 267 g/mol. The van der Waals surface area contributed by atoms with Crippen LogP contribution >= 0.6 is 0 Å². The van der Waals surface area contributed by atoms with Crippen molar-refractivity contribution in [2.24, 2.45) is 0 Å². The van der Waals surface area contributed by atoms with Crippen molar-refractivity contribution in [2.75, 3.05) is 20.6 Å². The third-order valence-corrected chi connectivity index (χ3v) is 3.08. The Kier molecular flexibility index (Phi) is 7.18. The van der Waals surface area contributed by atoms with E-state index in [1.807, 2.05) is 0 Å². The molecule has 0 bridgehead atoms. The molecular formula is C14H25N3O2. The number of amides is 2. The summed E-state index contributed by atoms with van der Waals surface area (Å²) in [4.78, 5) is 22.9. The first kappa shape index (κ1) is 15.7. The Hall–Kier alpha value is -1.36. The van der Waals surface area contributed by atoms with Crippen LogP contribution in [-0.2, 0) is 9.59 Å². The van der Waals surface area contributed by atoms with Crippen molar-refractivity contribution in [3.63, 3.8) is 0 Å². The van der Waals surface area contributed by atoms with Crippen molar-refractivity contribution in [3.05, 3.63) is 11.6 Å². The number of carbonyl (C=O) groups is 2. The maximum absolute atomic E-state index is 11.6. The van der Waals surface area contributed by atoms with Crippen LogP contribution in [0.3, 0.4) is 0 Å². The first-order chi connectivity index (χ1) is 9.08. The second-order valence-corrected chi connectivity index (χ2v) is 5.14. The highest BCUT2D eigenvalue weighted by molar-refractivity contribution is 5.83. The molecule has 5 nitrogen and oxygen atoms in total. The lowest BCUT2D eigenvalue weighted by Crippen LogP contribution is -2.36. The van der Waals surface area contributed by atoms with Gasteiger partial charge < -0.3 is 5.32 Å². The van der Waals surface area contributed by atoms with E-state index >= 15 is 0 Å². The number of hydrazine groups is 1. The molecule has 0 saturated heterocycles. The van der Waals surface area contributed by atoms with Gasteiger partial charge in [0.1, 0.15) is 0 Å². The number of nitrogens with zero attached hydrogens (tertiary/aromatic N) is 1. The van der Waals surface area contributed by atoms with E-state index in [1.165, 1.54) is 31.3 Å². The summed E-state index contributed by atoms with van der Waals surface area (Å²) in [5.74, 6) is -0.180. The summed E-state index contributed by atoms with van der Waals surface area (Å²) in [5.41, 5.74) is 4.07. The minimum absolute atomic E-state index is 0.0506. The molecule has 1 aliphatic rings. The largest absolute Gasteiger partial charge is 0.356 e. The van der Waals surface area contributed by atoms with Crippen LogP contribution in [-0.4, -0.2) is 37.5 Å². The van der Waals surface area contributed by atoms with Crippen LogP contribution in [0.2, 0.25) is 0 Å². The highest BCUT2D eigenvalue weighted by Gasteiger charge is 2.08. The van der Waals surface area contributed by atoms with E-state index in [1.54, 1.807) is 19.1 Å². The molecule has 2 N–H and O–H groups in total. The summed E-state index contributed by atoms with van der Waals surface area (Å²) >= 11 is 0.